The minimum atomic E-state index is -0.838. The molecule has 6 nitrogen and oxygen atoms in total. The van der Waals surface area contributed by atoms with Crippen molar-refractivity contribution in [2.75, 3.05) is 13.1 Å². The van der Waals surface area contributed by atoms with Crippen LogP contribution in [0.5, 0.6) is 0 Å². The number of urea groups is 1. The van der Waals surface area contributed by atoms with Crippen LogP contribution >= 0.6 is 0 Å². The Balaban J connectivity index is 1.86. The normalized spacial score (nSPS) is 22.3. The van der Waals surface area contributed by atoms with E-state index in [-0.39, 0.29) is 18.5 Å². The fraction of sp³-hybridized carbons (Fsp3) is 0.462. The fourth-order valence-corrected chi connectivity index (χ4v) is 2.25. The summed E-state index contributed by atoms with van der Waals surface area (Å²) >= 11 is 0. The zero-order chi connectivity index (χ0) is 13.8. The van der Waals surface area contributed by atoms with Gasteiger partial charge in [0.1, 0.15) is 0 Å². The maximum absolute atomic E-state index is 11.9. The van der Waals surface area contributed by atoms with Gasteiger partial charge in [0.2, 0.25) is 0 Å². The van der Waals surface area contributed by atoms with Crippen LogP contribution in [0.2, 0.25) is 0 Å². The van der Waals surface area contributed by atoms with E-state index in [1.807, 2.05) is 13.0 Å². The van der Waals surface area contributed by atoms with Crippen molar-refractivity contribution in [3.63, 3.8) is 0 Å². The molecule has 0 aromatic carbocycles. The summed E-state index contributed by atoms with van der Waals surface area (Å²) in [5.74, 6) is -1.32. The number of carboxylic acids is 1. The molecule has 6 heteroatoms. The third kappa shape index (κ3) is 3.21. The SMILES string of the molecule is C[C@@H]1CN(C(=O)NCc2cccnc2)C[C@H]1C(=O)O. The number of carboxylic acid groups (broad SMARTS) is 1. The maximum atomic E-state index is 11.9. The number of hydrogen-bond acceptors (Lipinski definition) is 3. The molecule has 0 radical (unpaired) electrons. The van der Waals surface area contributed by atoms with Gasteiger partial charge in [-0.15, -0.1) is 0 Å². The van der Waals surface area contributed by atoms with Crippen LogP contribution in [0.15, 0.2) is 24.5 Å². The molecule has 102 valence electrons. The minimum Gasteiger partial charge on any atom is -0.481 e. The van der Waals surface area contributed by atoms with Crippen molar-refractivity contribution >= 4 is 12.0 Å². The van der Waals surface area contributed by atoms with Gasteiger partial charge in [-0.05, 0) is 17.5 Å². The maximum Gasteiger partial charge on any atom is 0.317 e. The molecule has 1 aromatic rings. The van der Waals surface area contributed by atoms with Crippen molar-refractivity contribution in [2.45, 2.75) is 13.5 Å². The van der Waals surface area contributed by atoms with Crippen molar-refractivity contribution in [1.29, 1.82) is 0 Å². The number of aliphatic carboxylic acids is 1. The highest BCUT2D eigenvalue weighted by atomic mass is 16.4. The van der Waals surface area contributed by atoms with E-state index in [4.69, 9.17) is 5.11 Å². The van der Waals surface area contributed by atoms with Crippen LogP contribution in [0.3, 0.4) is 0 Å². The lowest BCUT2D eigenvalue weighted by Gasteiger charge is -2.16. The molecule has 2 rings (SSSR count). The molecule has 1 aliphatic heterocycles. The van der Waals surface area contributed by atoms with E-state index in [2.05, 4.69) is 10.3 Å². The molecule has 0 aliphatic carbocycles. The van der Waals surface area contributed by atoms with Crippen LogP contribution in [-0.4, -0.2) is 40.1 Å². The molecule has 0 saturated carbocycles. The predicted molar refractivity (Wildman–Crippen MR) is 68.3 cm³/mol. The molecule has 1 aromatic heterocycles. The molecule has 0 spiro atoms. The number of pyridine rings is 1. The van der Waals surface area contributed by atoms with E-state index in [1.165, 1.54) is 0 Å². The summed E-state index contributed by atoms with van der Waals surface area (Å²) in [6, 6.07) is 3.46. The van der Waals surface area contributed by atoms with Crippen molar-refractivity contribution in [3.8, 4) is 0 Å². The molecular weight excluding hydrogens is 246 g/mol. The standard InChI is InChI=1S/C13H17N3O3/c1-9-7-16(8-11(9)12(17)18)13(19)15-6-10-3-2-4-14-5-10/h2-5,9,11H,6-8H2,1H3,(H,15,19)(H,17,18)/t9-,11-/m1/s1. The molecule has 2 N–H and O–H groups in total. The smallest absolute Gasteiger partial charge is 0.317 e. The van der Waals surface area contributed by atoms with E-state index in [0.717, 1.165) is 5.56 Å². The van der Waals surface area contributed by atoms with Crippen molar-refractivity contribution in [2.24, 2.45) is 11.8 Å². The quantitative estimate of drug-likeness (QED) is 0.850. The number of nitrogens with one attached hydrogen (secondary N) is 1. The monoisotopic (exact) mass is 263 g/mol. The summed E-state index contributed by atoms with van der Waals surface area (Å²) in [6.07, 6.45) is 3.36. The van der Waals surface area contributed by atoms with Gasteiger partial charge in [0.05, 0.1) is 5.92 Å². The lowest BCUT2D eigenvalue weighted by Crippen LogP contribution is -2.38. The van der Waals surface area contributed by atoms with Crippen LogP contribution in [0, 0.1) is 11.8 Å². The first kappa shape index (κ1) is 13.3. The van der Waals surface area contributed by atoms with Crippen LogP contribution in [0.25, 0.3) is 0 Å². The highest BCUT2D eigenvalue weighted by molar-refractivity contribution is 5.77. The van der Waals surface area contributed by atoms with Crippen LogP contribution < -0.4 is 5.32 Å². The molecule has 2 atom stereocenters. The van der Waals surface area contributed by atoms with E-state index in [0.29, 0.717) is 13.1 Å². The predicted octanol–water partition coefficient (Wildman–Crippen LogP) is 0.944. The summed E-state index contributed by atoms with van der Waals surface area (Å²) in [4.78, 5) is 28.4. The first-order valence-corrected chi connectivity index (χ1v) is 6.22. The first-order valence-electron chi connectivity index (χ1n) is 6.22. The Morgan fingerprint density at radius 3 is 2.89 bits per heavy atom. The molecule has 1 aliphatic rings. The van der Waals surface area contributed by atoms with Gasteiger partial charge in [-0.2, -0.15) is 0 Å². The molecule has 2 amide bonds. The Bertz CT molecular complexity index is 463. The third-order valence-electron chi connectivity index (χ3n) is 3.38. The molecule has 2 heterocycles. The highest BCUT2D eigenvalue weighted by Crippen LogP contribution is 2.22. The van der Waals surface area contributed by atoms with Gasteiger partial charge in [-0.1, -0.05) is 13.0 Å². The van der Waals surface area contributed by atoms with E-state index in [9.17, 15) is 9.59 Å². The van der Waals surface area contributed by atoms with Crippen LogP contribution in [-0.2, 0) is 11.3 Å². The highest BCUT2D eigenvalue weighted by Gasteiger charge is 2.36. The Morgan fingerprint density at radius 2 is 2.32 bits per heavy atom. The molecule has 1 fully saturated rings. The Kier molecular flexibility index (Phi) is 3.99. The Hall–Kier alpha value is -2.11. The van der Waals surface area contributed by atoms with E-state index < -0.39 is 11.9 Å². The minimum absolute atomic E-state index is 0.0124. The summed E-state index contributed by atoms with van der Waals surface area (Å²) in [6.45, 7) is 3.01. The van der Waals surface area contributed by atoms with Gasteiger partial charge >= 0.3 is 12.0 Å². The summed E-state index contributed by atoms with van der Waals surface area (Å²) in [5.41, 5.74) is 0.915. The lowest BCUT2D eigenvalue weighted by atomic mass is 9.99. The fourth-order valence-electron chi connectivity index (χ4n) is 2.25. The summed E-state index contributed by atoms with van der Waals surface area (Å²) in [7, 11) is 0. The molecule has 1 saturated heterocycles. The van der Waals surface area contributed by atoms with Gasteiger partial charge in [-0.3, -0.25) is 9.78 Å². The topological polar surface area (TPSA) is 82.5 Å². The first-order chi connectivity index (χ1) is 9.08. The number of carbonyl (C=O) groups is 2. The number of rotatable bonds is 3. The number of amides is 2. The van der Waals surface area contributed by atoms with Crippen LogP contribution in [0.1, 0.15) is 12.5 Å². The van der Waals surface area contributed by atoms with Gasteiger partial charge in [0, 0.05) is 32.0 Å². The van der Waals surface area contributed by atoms with Gasteiger partial charge < -0.3 is 15.3 Å². The molecule has 0 bridgehead atoms. The van der Waals surface area contributed by atoms with Crippen molar-refractivity contribution < 1.29 is 14.7 Å². The van der Waals surface area contributed by atoms with Crippen molar-refractivity contribution in [3.05, 3.63) is 30.1 Å². The lowest BCUT2D eigenvalue weighted by molar-refractivity contribution is -0.142. The average molecular weight is 263 g/mol. The number of nitrogens with zero attached hydrogens (tertiary/aromatic N) is 2. The number of hydrogen-bond donors (Lipinski definition) is 2. The van der Waals surface area contributed by atoms with Crippen molar-refractivity contribution in [1.82, 2.24) is 15.2 Å². The number of aromatic nitrogens is 1. The number of likely N-dealkylation sites (tertiary alicyclic amines) is 1. The second kappa shape index (κ2) is 5.69. The largest absolute Gasteiger partial charge is 0.481 e. The third-order valence-corrected chi connectivity index (χ3v) is 3.38. The Labute approximate surface area is 111 Å². The Morgan fingerprint density at radius 1 is 1.53 bits per heavy atom. The molecule has 0 unspecified atom stereocenters. The second-order valence-corrected chi connectivity index (χ2v) is 4.85. The average Bonchev–Trinajstić information content (AvgIpc) is 2.79. The van der Waals surface area contributed by atoms with E-state index in [1.54, 1.807) is 23.4 Å². The van der Waals surface area contributed by atoms with E-state index >= 15 is 0 Å². The number of carbonyl (C=O) groups excluding carboxylic acids is 1. The summed E-state index contributed by atoms with van der Waals surface area (Å²) in [5, 5.41) is 11.8. The zero-order valence-corrected chi connectivity index (χ0v) is 10.7. The van der Waals surface area contributed by atoms with Gasteiger partial charge in [-0.25, -0.2) is 4.79 Å². The summed E-state index contributed by atoms with van der Waals surface area (Å²) < 4.78 is 0. The molecule has 19 heavy (non-hydrogen) atoms. The second-order valence-electron chi connectivity index (χ2n) is 4.85. The van der Waals surface area contributed by atoms with Gasteiger partial charge in [0.25, 0.3) is 0 Å². The van der Waals surface area contributed by atoms with Crippen LogP contribution in [0.4, 0.5) is 4.79 Å². The molecular formula is C13H17N3O3. The van der Waals surface area contributed by atoms with Gasteiger partial charge in [0.15, 0.2) is 0 Å². The zero-order valence-electron chi connectivity index (χ0n) is 10.7.